The molecule has 0 atom stereocenters. The largest absolute Gasteiger partial charge is 0.450 e. The van der Waals surface area contributed by atoms with Crippen molar-refractivity contribution in [1.82, 2.24) is 15.0 Å². The summed E-state index contributed by atoms with van der Waals surface area (Å²) in [5.74, 6) is 0.982. The Kier molecular flexibility index (Phi) is 4.75. The molecular weight excluding hydrogens is 296 g/mol. The minimum absolute atomic E-state index is 0.224. The van der Waals surface area contributed by atoms with Crippen molar-refractivity contribution in [2.45, 2.75) is 25.8 Å². The molecule has 1 aromatic heterocycles. The molecule has 0 aliphatic carbocycles. The number of carbonyl (C=O) groups is 1. The van der Waals surface area contributed by atoms with E-state index in [2.05, 4.69) is 15.5 Å². The van der Waals surface area contributed by atoms with Crippen molar-refractivity contribution in [3.8, 4) is 11.5 Å². The first-order valence-corrected chi connectivity index (χ1v) is 7.83. The first-order chi connectivity index (χ1) is 11.3. The van der Waals surface area contributed by atoms with Gasteiger partial charge in [-0.2, -0.15) is 4.98 Å². The third-order valence-corrected chi connectivity index (χ3v) is 3.80. The molecule has 1 aliphatic rings. The second-order valence-electron chi connectivity index (χ2n) is 5.39. The maximum atomic E-state index is 11.7. The second kappa shape index (κ2) is 7.13. The number of ether oxygens (including phenoxy) is 1. The monoisotopic (exact) mass is 316 g/mol. The Morgan fingerprint density at radius 1 is 1.35 bits per heavy atom. The number of carbonyl (C=O) groups excluding carboxylic acids is 1. The van der Waals surface area contributed by atoms with Gasteiger partial charge in [-0.3, -0.25) is 0 Å². The van der Waals surface area contributed by atoms with E-state index in [0.717, 1.165) is 18.4 Å². The average molecular weight is 316 g/mol. The van der Waals surface area contributed by atoms with Crippen LogP contribution >= 0.6 is 0 Å². The zero-order valence-corrected chi connectivity index (χ0v) is 13.1. The van der Waals surface area contributed by atoms with Crippen molar-refractivity contribution in [1.29, 1.82) is 0 Å². The van der Waals surface area contributed by atoms with Gasteiger partial charge in [0.05, 0.1) is 6.61 Å². The lowest BCUT2D eigenvalue weighted by molar-refractivity contribution is 0.0983. The molecule has 7 nitrogen and oxygen atoms in total. The van der Waals surface area contributed by atoms with Crippen LogP contribution < -0.4 is 5.32 Å². The molecule has 1 saturated heterocycles. The van der Waals surface area contributed by atoms with Crippen LogP contribution in [0.5, 0.6) is 0 Å². The number of aromatic nitrogens is 2. The van der Waals surface area contributed by atoms with E-state index < -0.39 is 0 Å². The fourth-order valence-corrected chi connectivity index (χ4v) is 2.58. The van der Waals surface area contributed by atoms with Gasteiger partial charge in [0.15, 0.2) is 0 Å². The Balaban J connectivity index is 1.53. The number of nitrogens with one attached hydrogen (secondary N) is 1. The number of hydrogen-bond donors (Lipinski definition) is 1. The van der Waals surface area contributed by atoms with E-state index >= 15 is 0 Å². The predicted octanol–water partition coefficient (Wildman–Crippen LogP) is 2.77. The van der Waals surface area contributed by atoms with Crippen LogP contribution in [0.3, 0.4) is 0 Å². The molecule has 0 bridgehead atoms. The summed E-state index contributed by atoms with van der Waals surface area (Å²) in [7, 11) is 0. The van der Waals surface area contributed by atoms with Gasteiger partial charge in [-0.05, 0) is 37.1 Å². The lowest BCUT2D eigenvalue weighted by Gasteiger charge is -2.31. The van der Waals surface area contributed by atoms with Crippen molar-refractivity contribution < 1.29 is 14.1 Å². The predicted molar refractivity (Wildman–Crippen MR) is 85.0 cm³/mol. The quantitative estimate of drug-likeness (QED) is 0.934. The molecule has 3 rings (SSSR count). The minimum atomic E-state index is -0.239. The second-order valence-corrected chi connectivity index (χ2v) is 5.39. The van der Waals surface area contributed by atoms with Crippen LogP contribution in [0.2, 0.25) is 0 Å². The van der Waals surface area contributed by atoms with Gasteiger partial charge < -0.3 is 19.5 Å². The zero-order chi connectivity index (χ0) is 16.1. The van der Waals surface area contributed by atoms with Gasteiger partial charge in [0.25, 0.3) is 11.8 Å². The Morgan fingerprint density at radius 2 is 2.09 bits per heavy atom. The van der Waals surface area contributed by atoms with Crippen molar-refractivity contribution in [2.24, 2.45) is 0 Å². The summed E-state index contributed by atoms with van der Waals surface area (Å²) in [4.78, 5) is 17.8. The molecule has 2 aromatic rings. The molecule has 1 fully saturated rings. The van der Waals surface area contributed by atoms with E-state index in [4.69, 9.17) is 9.26 Å². The van der Waals surface area contributed by atoms with Crippen molar-refractivity contribution in [3.63, 3.8) is 0 Å². The molecular formula is C16H20N4O3. The van der Waals surface area contributed by atoms with Crippen LogP contribution in [0, 0.1) is 0 Å². The summed E-state index contributed by atoms with van der Waals surface area (Å²) >= 11 is 0. The number of nitrogens with zero attached hydrogens (tertiary/aromatic N) is 3. The maximum Gasteiger partial charge on any atom is 0.409 e. The maximum absolute atomic E-state index is 11.7. The summed E-state index contributed by atoms with van der Waals surface area (Å²) in [5.41, 5.74) is 0.894. The van der Waals surface area contributed by atoms with Gasteiger partial charge in [0.1, 0.15) is 0 Å². The topological polar surface area (TPSA) is 80.5 Å². The van der Waals surface area contributed by atoms with Crippen LogP contribution in [0.1, 0.15) is 19.8 Å². The van der Waals surface area contributed by atoms with Crippen molar-refractivity contribution >= 4 is 12.0 Å². The van der Waals surface area contributed by atoms with Crippen LogP contribution in [0.15, 0.2) is 34.9 Å². The van der Waals surface area contributed by atoms with Crippen LogP contribution in [-0.4, -0.2) is 46.9 Å². The smallest absolute Gasteiger partial charge is 0.409 e. The Labute approximate surface area is 134 Å². The molecule has 7 heteroatoms. The van der Waals surface area contributed by atoms with Gasteiger partial charge >= 0.3 is 6.09 Å². The van der Waals surface area contributed by atoms with E-state index in [1.54, 1.807) is 4.90 Å². The highest BCUT2D eigenvalue weighted by Gasteiger charge is 2.24. The summed E-state index contributed by atoms with van der Waals surface area (Å²) in [5, 5.41) is 7.24. The molecule has 1 aromatic carbocycles. The number of hydrogen-bond acceptors (Lipinski definition) is 6. The molecule has 0 unspecified atom stereocenters. The fraction of sp³-hybridized carbons (Fsp3) is 0.438. The van der Waals surface area contributed by atoms with Gasteiger partial charge in [-0.15, -0.1) is 0 Å². The number of likely N-dealkylation sites (tertiary alicyclic amines) is 1. The third-order valence-electron chi connectivity index (χ3n) is 3.80. The summed E-state index contributed by atoms with van der Waals surface area (Å²) in [6.45, 7) is 3.55. The number of amides is 1. The SMILES string of the molecule is CCOC(=O)N1CCC(Nc2noc(-c3ccccc3)n2)CC1. The molecule has 2 heterocycles. The Hall–Kier alpha value is -2.57. The first-order valence-electron chi connectivity index (χ1n) is 7.83. The molecule has 122 valence electrons. The first kappa shape index (κ1) is 15.3. The van der Waals surface area contributed by atoms with Crippen LogP contribution in [0.25, 0.3) is 11.5 Å². The molecule has 0 saturated carbocycles. The van der Waals surface area contributed by atoms with Crippen LogP contribution in [-0.2, 0) is 4.74 Å². The normalized spacial score (nSPS) is 15.4. The van der Waals surface area contributed by atoms with E-state index in [1.807, 2.05) is 37.3 Å². The standard InChI is InChI=1S/C16H20N4O3/c1-2-22-16(21)20-10-8-13(9-11-20)17-15-18-14(23-19-15)12-6-4-3-5-7-12/h3-7,13H,2,8-11H2,1H3,(H,17,19). The number of rotatable bonds is 4. The van der Waals surface area contributed by atoms with Crippen LogP contribution in [0.4, 0.5) is 10.7 Å². The Bertz CT molecular complexity index is 636. The number of anilines is 1. The average Bonchev–Trinajstić information content (AvgIpc) is 3.05. The lowest BCUT2D eigenvalue weighted by Crippen LogP contribution is -2.42. The van der Waals surface area contributed by atoms with Gasteiger partial charge in [0, 0.05) is 24.7 Å². The number of piperidine rings is 1. The molecule has 1 amide bonds. The Morgan fingerprint density at radius 3 is 2.78 bits per heavy atom. The molecule has 23 heavy (non-hydrogen) atoms. The lowest BCUT2D eigenvalue weighted by atomic mass is 10.1. The molecule has 0 radical (unpaired) electrons. The molecule has 1 aliphatic heterocycles. The highest BCUT2D eigenvalue weighted by molar-refractivity contribution is 5.67. The summed E-state index contributed by atoms with van der Waals surface area (Å²) in [6.07, 6.45) is 1.42. The molecule has 0 spiro atoms. The number of benzene rings is 1. The molecule has 1 N–H and O–H groups in total. The minimum Gasteiger partial charge on any atom is -0.450 e. The third kappa shape index (κ3) is 3.80. The van der Waals surface area contributed by atoms with Gasteiger partial charge in [-0.25, -0.2) is 4.79 Å². The van der Waals surface area contributed by atoms with E-state index in [9.17, 15) is 4.79 Å². The summed E-state index contributed by atoms with van der Waals surface area (Å²) in [6, 6.07) is 9.87. The van der Waals surface area contributed by atoms with Crippen molar-refractivity contribution in [3.05, 3.63) is 30.3 Å². The van der Waals surface area contributed by atoms with Gasteiger partial charge in [0.2, 0.25) is 0 Å². The highest BCUT2D eigenvalue weighted by Crippen LogP contribution is 2.20. The van der Waals surface area contributed by atoms with E-state index in [0.29, 0.717) is 31.5 Å². The van der Waals surface area contributed by atoms with Crippen molar-refractivity contribution in [2.75, 3.05) is 25.0 Å². The summed E-state index contributed by atoms with van der Waals surface area (Å²) < 4.78 is 10.3. The van der Waals surface area contributed by atoms with E-state index in [-0.39, 0.29) is 12.1 Å². The van der Waals surface area contributed by atoms with Gasteiger partial charge in [-0.1, -0.05) is 18.2 Å². The fourth-order valence-electron chi connectivity index (χ4n) is 2.58. The highest BCUT2D eigenvalue weighted by atomic mass is 16.6. The van der Waals surface area contributed by atoms with E-state index in [1.165, 1.54) is 0 Å². The zero-order valence-electron chi connectivity index (χ0n) is 13.1.